The van der Waals surface area contributed by atoms with Crippen molar-refractivity contribution < 1.29 is 14.3 Å². The third kappa shape index (κ3) is 2.97. The van der Waals surface area contributed by atoms with Crippen LogP contribution in [-0.4, -0.2) is 64.6 Å². The molecule has 1 aromatic rings. The fourth-order valence-corrected chi connectivity index (χ4v) is 3.98. The molecule has 1 aromatic heterocycles. The first kappa shape index (κ1) is 16.3. The average molecular weight is 345 g/mol. The molecule has 4 heterocycles. The van der Waals surface area contributed by atoms with Gasteiger partial charge in [-0.25, -0.2) is 0 Å². The van der Waals surface area contributed by atoms with Gasteiger partial charge >= 0.3 is 0 Å². The Labute approximate surface area is 146 Å². The molecule has 0 unspecified atom stereocenters. The molecule has 3 fully saturated rings. The molecule has 0 radical (unpaired) electrons. The molecule has 7 heteroatoms. The molecule has 3 aliphatic heterocycles. The Morgan fingerprint density at radius 3 is 2.72 bits per heavy atom. The van der Waals surface area contributed by atoms with E-state index in [2.05, 4.69) is 0 Å². The summed E-state index contributed by atoms with van der Waals surface area (Å²) in [6.07, 6.45) is 3.93. The van der Waals surface area contributed by atoms with Gasteiger partial charge in [0.05, 0.1) is 18.6 Å². The van der Waals surface area contributed by atoms with Gasteiger partial charge in [-0.05, 0) is 25.0 Å². The smallest absolute Gasteiger partial charge is 0.263 e. The maximum Gasteiger partial charge on any atom is 0.263 e. The molecular formula is C18H23N3O4. The molecule has 4 rings (SSSR count). The molecule has 0 saturated carbocycles. The highest BCUT2D eigenvalue weighted by atomic mass is 16.5. The molecule has 0 aromatic carbocycles. The molecular weight excluding hydrogens is 322 g/mol. The molecule has 0 aliphatic carbocycles. The standard InChI is InChI=1S/C18H23N3O4/c1-19-5-2-4-14(17(19)23)18(24)21-10-12-8-13(25-15(12)11-21)9-16(22)20-6-3-7-20/h2,4-5,12-13,15H,3,6-11H2,1H3/t12-,13-,15+/m0/s1. The van der Waals surface area contributed by atoms with Gasteiger partial charge in [0.25, 0.3) is 11.5 Å². The van der Waals surface area contributed by atoms with Crippen LogP contribution in [0.2, 0.25) is 0 Å². The molecule has 3 saturated heterocycles. The summed E-state index contributed by atoms with van der Waals surface area (Å²) in [6, 6.07) is 3.29. The highest BCUT2D eigenvalue weighted by Gasteiger charge is 2.44. The van der Waals surface area contributed by atoms with Crippen LogP contribution in [0.15, 0.2) is 23.1 Å². The maximum absolute atomic E-state index is 12.6. The Balaban J connectivity index is 1.36. The Bertz CT molecular complexity index is 741. The van der Waals surface area contributed by atoms with E-state index in [0.29, 0.717) is 19.5 Å². The van der Waals surface area contributed by atoms with E-state index in [4.69, 9.17) is 4.74 Å². The summed E-state index contributed by atoms with van der Waals surface area (Å²) in [5, 5.41) is 0. The second kappa shape index (κ2) is 6.29. The number of carbonyl (C=O) groups is 2. The van der Waals surface area contributed by atoms with Crippen LogP contribution in [0.3, 0.4) is 0 Å². The van der Waals surface area contributed by atoms with E-state index < -0.39 is 0 Å². The van der Waals surface area contributed by atoms with E-state index in [1.165, 1.54) is 4.57 Å². The Morgan fingerprint density at radius 1 is 1.24 bits per heavy atom. The molecule has 0 bridgehead atoms. The predicted molar refractivity (Wildman–Crippen MR) is 90.2 cm³/mol. The minimum absolute atomic E-state index is 0.0225. The van der Waals surface area contributed by atoms with E-state index in [1.807, 2.05) is 4.90 Å². The van der Waals surface area contributed by atoms with E-state index >= 15 is 0 Å². The number of ether oxygens (including phenoxy) is 1. The van der Waals surface area contributed by atoms with Crippen LogP contribution in [0, 0.1) is 5.92 Å². The van der Waals surface area contributed by atoms with Crippen molar-refractivity contribution in [2.24, 2.45) is 13.0 Å². The fourth-order valence-electron chi connectivity index (χ4n) is 3.98. The van der Waals surface area contributed by atoms with Gasteiger partial charge in [-0.1, -0.05) is 0 Å². The van der Waals surface area contributed by atoms with Crippen LogP contribution < -0.4 is 5.56 Å². The van der Waals surface area contributed by atoms with Crippen molar-refractivity contribution in [2.75, 3.05) is 26.2 Å². The second-order valence-corrected chi connectivity index (χ2v) is 7.28. The van der Waals surface area contributed by atoms with Crippen molar-refractivity contribution in [1.82, 2.24) is 14.4 Å². The van der Waals surface area contributed by atoms with Crippen LogP contribution in [-0.2, 0) is 16.6 Å². The zero-order valence-corrected chi connectivity index (χ0v) is 14.4. The summed E-state index contributed by atoms with van der Waals surface area (Å²) >= 11 is 0. The zero-order valence-electron chi connectivity index (χ0n) is 14.4. The van der Waals surface area contributed by atoms with Crippen LogP contribution in [0.4, 0.5) is 0 Å². The van der Waals surface area contributed by atoms with Crippen LogP contribution in [0.25, 0.3) is 0 Å². The molecule has 7 nitrogen and oxygen atoms in total. The lowest BCUT2D eigenvalue weighted by Gasteiger charge is -2.31. The van der Waals surface area contributed by atoms with Crippen molar-refractivity contribution in [3.05, 3.63) is 34.2 Å². The number of rotatable bonds is 3. The number of carbonyl (C=O) groups excluding carboxylic acids is 2. The summed E-state index contributed by atoms with van der Waals surface area (Å²) in [5.74, 6) is 0.204. The highest BCUT2D eigenvalue weighted by molar-refractivity contribution is 5.94. The monoisotopic (exact) mass is 345 g/mol. The number of amides is 2. The fraction of sp³-hybridized carbons (Fsp3) is 0.611. The Hall–Kier alpha value is -2.15. The van der Waals surface area contributed by atoms with Crippen molar-refractivity contribution in [3.63, 3.8) is 0 Å². The van der Waals surface area contributed by atoms with Gasteiger partial charge in [0.1, 0.15) is 5.56 Å². The summed E-state index contributed by atoms with van der Waals surface area (Å²) in [5.41, 5.74) is -0.0713. The molecule has 2 amide bonds. The van der Waals surface area contributed by atoms with Crippen LogP contribution in [0.5, 0.6) is 0 Å². The van der Waals surface area contributed by atoms with Gasteiger partial charge in [-0.15, -0.1) is 0 Å². The van der Waals surface area contributed by atoms with Crippen molar-refractivity contribution in [3.8, 4) is 0 Å². The number of hydrogen-bond acceptors (Lipinski definition) is 4. The Kier molecular flexibility index (Phi) is 4.11. The van der Waals surface area contributed by atoms with E-state index in [0.717, 1.165) is 25.9 Å². The molecule has 134 valence electrons. The van der Waals surface area contributed by atoms with Crippen LogP contribution in [0.1, 0.15) is 29.6 Å². The number of hydrogen-bond donors (Lipinski definition) is 0. The van der Waals surface area contributed by atoms with Gasteiger partial charge in [-0.2, -0.15) is 0 Å². The van der Waals surface area contributed by atoms with Gasteiger partial charge < -0.3 is 19.1 Å². The number of aryl methyl sites for hydroxylation is 1. The number of pyridine rings is 1. The molecule has 25 heavy (non-hydrogen) atoms. The number of fused-ring (bicyclic) bond motifs is 1. The summed E-state index contributed by atoms with van der Waals surface area (Å²) in [7, 11) is 1.64. The largest absolute Gasteiger partial charge is 0.372 e. The lowest BCUT2D eigenvalue weighted by atomic mass is 10.0. The zero-order chi connectivity index (χ0) is 17.6. The predicted octanol–water partition coefficient (Wildman–Crippen LogP) is 0.237. The maximum atomic E-state index is 12.6. The van der Waals surface area contributed by atoms with Gasteiger partial charge in [0.2, 0.25) is 5.91 Å². The number of nitrogens with zero attached hydrogens (tertiary/aromatic N) is 3. The quantitative estimate of drug-likeness (QED) is 0.787. The highest BCUT2D eigenvalue weighted by Crippen LogP contribution is 2.35. The first-order valence-corrected chi connectivity index (χ1v) is 8.91. The SMILES string of the molecule is Cn1cccc(C(=O)N2C[C@@H]3C[C@@H](CC(=O)N4CCC4)O[C@@H]3C2)c1=O. The van der Waals surface area contributed by atoms with Crippen molar-refractivity contribution >= 4 is 11.8 Å². The summed E-state index contributed by atoms with van der Waals surface area (Å²) in [4.78, 5) is 40.4. The van der Waals surface area contributed by atoms with Crippen molar-refractivity contribution in [1.29, 1.82) is 0 Å². The van der Waals surface area contributed by atoms with E-state index in [-0.39, 0.29) is 41.1 Å². The third-order valence-corrected chi connectivity index (χ3v) is 5.57. The van der Waals surface area contributed by atoms with E-state index in [1.54, 1.807) is 30.3 Å². The van der Waals surface area contributed by atoms with Gasteiger partial charge in [-0.3, -0.25) is 14.4 Å². The lowest BCUT2D eigenvalue weighted by Crippen LogP contribution is -2.43. The first-order valence-electron chi connectivity index (χ1n) is 8.91. The van der Waals surface area contributed by atoms with Crippen molar-refractivity contribution in [2.45, 2.75) is 31.5 Å². The molecule has 0 N–H and O–H groups in total. The Morgan fingerprint density at radius 2 is 2.04 bits per heavy atom. The molecule has 3 atom stereocenters. The van der Waals surface area contributed by atoms with Crippen LogP contribution >= 0.6 is 0 Å². The number of likely N-dealkylation sites (tertiary alicyclic amines) is 2. The lowest BCUT2D eigenvalue weighted by molar-refractivity contribution is -0.137. The summed E-state index contributed by atoms with van der Waals surface area (Å²) < 4.78 is 7.44. The minimum atomic E-state index is -0.275. The second-order valence-electron chi connectivity index (χ2n) is 7.28. The molecule has 0 spiro atoms. The average Bonchev–Trinajstić information content (AvgIpc) is 3.05. The first-order chi connectivity index (χ1) is 12.0. The minimum Gasteiger partial charge on any atom is -0.372 e. The molecule has 3 aliphatic rings. The normalized spacial score (nSPS) is 28.0. The topological polar surface area (TPSA) is 71.8 Å². The summed E-state index contributed by atoms with van der Waals surface area (Å²) in [6.45, 7) is 2.82. The number of aromatic nitrogens is 1. The van der Waals surface area contributed by atoms with Gasteiger partial charge in [0.15, 0.2) is 0 Å². The third-order valence-electron chi connectivity index (χ3n) is 5.57. The van der Waals surface area contributed by atoms with E-state index in [9.17, 15) is 14.4 Å². The van der Waals surface area contributed by atoms with Gasteiger partial charge in [0, 0.05) is 45.3 Å².